The maximum Gasteiger partial charge on any atom is 0.417 e. The highest BCUT2D eigenvalue weighted by atomic mass is 19.4. The van der Waals surface area contributed by atoms with Crippen molar-refractivity contribution in [1.82, 2.24) is 15.2 Å². The minimum Gasteiger partial charge on any atom is -0.323 e. The van der Waals surface area contributed by atoms with Gasteiger partial charge in [-0.25, -0.2) is 9.37 Å². The second kappa shape index (κ2) is 7.37. The summed E-state index contributed by atoms with van der Waals surface area (Å²) < 4.78 is 54.6. The van der Waals surface area contributed by atoms with Gasteiger partial charge in [0.05, 0.1) is 16.8 Å². The zero-order chi connectivity index (χ0) is 21.6. The fraction of sp³-hybridized carbons (Fsp3) is 0.217. The van der Waals surface area contributed by atoms with E-state index < -0.39 is 17.6 Å². The van der Waals surface area contributed by atoms with Crippen LogP contribution in [0.1, 0.15) is 29.5 Å². The minimum atomic E-state index is -4.49. The number of nitrogens with zero attached hydrogens (tertiary/aromatic N) is 2. The van der Waals surface area contributed by atoms with Gasteiger partial charge in [0, 0.05) is 10.9 Å². The molecule has 0 amide bonds. The Morgan fingerprint density at radius 1 is 0.935 bits per heavy atom. The Labute approximate surface area is 175 Å². The number of pyridine rings is 1. The summed E-state index contributed by atoms with van der Waals surface area (Å²) in [4.78, 5) is 4.58. The van der Waals surface area contributed by atoms with Crippen molar-refractivity contribution in [3.8, 4) is 11.3 Å². The van der Waals surface area contributed by atoms with Gasteiger partial charge < -0.3 is 5.32 Å². The molecule has 0 saturated carbocycles. The molecule has 2 heterocycles. The second-order valence-corrected chi connectivity index (χ2v) is 7.63. The van der Waals surface area contributed by atoms with E-state index in [1.165, 1.54) is 24.3 Å². The van der Waals surface area contributed by atoms with Crippen molar-refractivity contribution >= 4 is 22.5 Å². The van der Waals surface area contributed by atoms with Crippen LogP contribution in [0.15, 0.2) is 48.5 Å². The average Bonchev–Trinajstić information content (AvgIpc) is 3.15. The van der Waals surface area contributed by atoms with E-state index in [1.807, 2.05) is 0 Å². The van der Waals surface area contributed by atoms with Gasteiger partial charge in [-0.3, -0.25) is 5.10 Å². The molecule has 1 aliphatic rings. The molecule has 0 aliphatic heterocycles. The summed E-state index contributed by atoms with van der Waals surface area (Å²) in [5.74, 6) is 0.442. The second-order valence-electron chi connectivity index (χ2n) is 7.63. The normalized spacial score (nSPS) is 13.9. The van der Waals surface area contributed by atoms with E-state index in [2.05, 4.69) is 20.5 Å². The van der Waals surface area contributed by atoms with Crippen LogP contribution in [0.3, 0.4) is 0 Å². The summed E-state index contributed by atoms with van der Waals surface area (Å²) in [6.45, 7) is 0. The molecular weight excluding hydrogens is 408 g/mol. The van der Waals surface area contributed by atoms with E-state index in [1.54, 1.807) is 18.2 Å². The molecule has 4 aromatic rings. The van der Waals surface area contributed by atoms with Crippen LogP contribution in [-0.2, 0) is 19.0 Å². The Morgan fingerprint density at radius 3 is 2.58 bits per heavy atom. The molecule has 2 N–H and O–H groups in total. The molecule has 5 rings (SSSR count). The lowest BCUT2D eigenvalue weighted by molar-refractivity contribution is -0.137. The number of aryl methyl sites for hydroxylation is 1. The van der Waals surface area contributed by atoms with Gasteiger partial charge in [-0.2, -0.15) is 18.3 Å². The highest BCUT2D eigenvalue weighted by molar-refractivity contribution is 5.91. The smallest absolute Gasteiger partial charge is 0.323 e. The van der Waals surface area contributed by atoms with Crippen LogP contribution in [-0.4, -0.2) is 15.2 Å². The molecule has 2 aromatic carbocycles. The maximum absolute atomic E-state index is 13.8. The Bertz CT molecular complexity index is 1280. The number of benzene rings is 2. The predicted octanol–water partition coefficient (Wildman–Crippen LogP) is 6.41. The van der Waals surface area contributed by atoms with Gasteiger partial charge in [0.15, 0.2) is 5.82 Å². The molecule has 0 unspecified atom stereocenters. The van der Waals surface area contributed by atoms with Crippen LogP contribution in [0, 0.1) is 5.82 Å². The lowest BCUT2D eigenvalue weighted by atomic mass is 9.90. The molecule has 8 heteroatoms. The number of hydrogen-bond donors (Lipinski definition) is 2. The minimum absolute atomic E-state index is 0.0318. The molecule has 1 aliphatic carbocycles. The van der Waals surface area contributed by atoms with Crippen LogP contribution in [0.2, 0.25) is 0 Å². The van der Waals surface area contributed by atoms with Crippen molar-refractivity contribution in [2.24, 2.45) is 0 Å². The molecule has 0 radical (unpaired) electrons. The summed E-state index contributed by atoms with van der Waals surface area (Å²) in [6.07, 6.45) is -1.02. The zero-order valence-electron chi connectivity index (χ0n) is 16.4. The number of halogens is 4. The topological polar surface area (TPSA) is 53.6 Å². The highest BCUT2D eigenvalue weighted by Gasteiger charge is 2.34. The van der Waals surface area contributed by atoms with Crippen molar-refractivity contribution in [3.05, 3.63) is 71.0 Å². The first-order valence-electron chi connectivity index (χ1n) is 10.0. The Balaban J connectivity index is 1.65. The first-order chi connectivity index (χ1) is 14.9. The number of rotatable bonds is 3. The van der Waals surface area contributed by atoms with Gasteiger partial charge in [-0.1, -0.05) is 18.2 Å². The molecular formula is C23H18F4N4. The van der Waals surface area contributed by atoms with Crippen LogP contribution >= 0.6 is 0 Å². The summed E-state index contributed by atoms with van der Waals surface area (Å²) >= 11 is 0. The monoisotopic (exact) mass is 426 g/mol. The van der Waals surface area contributed by atoms with Gasteiger partial charge >= 0.3 is 6.18 Å². The lowest BCUT2D eigenvalue weighted by Crippen LogP contribution is -2.11. The summed E-state index contributed by atoms with van der Waals surface area (Å²) in [7, 11) is 0. The SMILES string of the molecule is Fc1ccc2[nH]nc(Nc3nc(-c4ccccc4C(F)(F)F)cc4c3CCCC4)c2c1. The van der Waals surface area contributed by atoms with E-state index >= 15 is 0 Å². The molecule has 2 aromatic heterocycles. The Hall–Kier alpha value is -3.42. The molecule has 0 bridgehead atoms. The lowest BCUT2D eigenvalue weighted by Gasteiger charge is -2.21. The fourth-order valence-corrected chi connectivity index (χ4v) is 4.13. The number of nitrogens with one attached hydrogen (secondary N) is 2. The molecule has 158 valence electrons. The largest absolute Gasteiger partial charge is 0.417 e. The molecule has 0 saturated heterocycles. The number of anilines is 2. The van der Waals surface area contributed by atoms with Crippen LogP contribution in [0.25, 0.3) is 22.2 Å². The van der Waals surface area contributed by atoms with Crippen molar-refractivity contribution < 1.29 is 17.6 Å². The van der Waals surface area contributed by atoms with Gasteiger partial charge in [-0.15, -0.1) is 0 Å². The number of aromatic amines is 1. The molecule has 31 heavy (non-hydrogen) atoms. The van der Waals surface area contributed by atoms with Crippen LogP contribution < -0.4 is 5.32 Å². The van der Waals surface area contributed by atoms with Gasteiger partial charge in [0.25, 0.3) is 0 Å². The maximum atomic E-state index is 13.8. The zero-order valence-corrected chi connectivity index (χ0v) is 16.4. The number of H-pyrrole nitrogens is 1. The van der Waals surface area contributed by atoms with Gasteiger partial charge in [-0.05, 0) is 67.1 Å². The van der Waals surface area contributed by atoms with Crippen molar-refractivity contribution in [3.63, 3.8) is 0 Å². The third kappa shape index (κ3) is 3.62. The molecule has 4 nitrogen and oxygen atoms in total. The van der Waals surface area contributed by atoms with E-state index in [0.29, 0.717) is 22.5 Å². The predicted molar refractivity (Wildman–Crippen MR) is 111 cm³/mol. The highest BCUT2D eigenvalue weighted by Crippen LogP contribution is 2.39. The molecule has 0 fully saturated rings. The Kier molecular flexibility index (Phi) is 4.64. The number of aromatic nitrogens is 3. The summed E-state index contributed by atoms with van der Waals surface area (Å²) in [5, 5.41) is 10.8. The van der Waals surface area contributed by atoms with Crippen molar-refractivity contribution in [1.29, 1.82) is 0 Å². The van der Waals surface area contributed by atoms with Gasteiger partial charge in [0.1, 0.15) is 11.6 Å². The quantitative estimate of drug-likeness (QED) is 0.373. The van der Waals surface area contributed by atoms with E-state index in [-0.39, 0.29) is 11.3 Å². The van der Waals surface area contributed by atoms with E-state index in [9.17, 15) is 17.6 Å². The van der Waals surface area contributed by atoms with Crippen molar-refractivity contribution in [2.75, 3.05) is 5.32 Å². The Morgan fingerprint density at radius 2 is 1.74 bits per heavy atom. The van der Waals surface area contributed by atoms with E-state index in [4.69, 9.17) is 0 Å². The average molecular weight is 426 g/mol. The fourth-order valence-electron chi connectivity index (χ4n) is 4.13. The summed E-state index contributed by atoms with van der Waals surface area (Å²) in [6, 6.07) is 11.5. The number of hydrogen-bond acceptors (Lipinski definition) is 3. The number of fused-ring (bicyclic) bond motifs is 2. The third-order valence-electron chi connectivity index (χ3n) is 5.61. The molecule has 0 atom stereocenters. The third-order valence-corrected chi connectivity index (χ3v) is 5.61. The van der Waals surface area contributed by atoms with E-state index in [0.717, 1.165) is 42.9 Å². The number of alkyl halides is 3. The van der Waals surface area contributed by atoms with Crippen LogP contribution in [0.5, 0.6) is 0 Å². The van der Waals surface area contributed by atoms with Gasteiger partial charge in [0.2, 0.25) is 0 Å². The molecule has 0 spiro atoms. The first-order valence-corrected chi connectivity index (χ1v) is 10.0. The standard InChI is InChI=1S/C23H18F4N4/c24-14-9-10-19-17(12-14)22(31-30-19)29-21-15-6-2-1-5-13(15)11-20(28-21)16-7-3-4-8-18(16)23(25,26)27/h3-4,7-12H,1-2,5-6H2,(H2,28,29,30,31). The summed E-state index contributed by atoms with van der Waals surface area (Å²) in [5.41, 5.74) is 2.15. The van der Waals surface area contributed by atoms with Crippen molar-refractivity contribution in [2.45, 2.75) is 31.9 Å². The first kappa shape index (κ1) is 19.5. The van der Waals surface area contributed by atoms with Crippen LogP contribution in [0.4, 0.5) is 29.2 Å².